The predicted molar refractivity (Wildman–Crippen MR) is 71.6 cm³/mol. The molecule has 104 valence electrons. The minimum absolute atomic E-state index is 0.220. The van der Waals surface area contributed by atoms with Gasteiger partial charge in [-0.1, -0.05) is 12.1 Å². The summed E-state index contributed by atoms with van der Waals surface area (Å²) < 4.78 is 5.55. The van der Waals surface area contributed by atoms with Crippen molar-refractivity contribution in [3.63, 3.8) is 0 Å². The van der Waals surface area contributed by atoms with Crippen LogP contribution in [0.25, 0.3) is 0 Å². The molecule has 6 nitrogen and oxygen atoms in total. The fraction of sp³-hybridized carbons (Fsp3) is 0.385. The molecule has 1 aromatic rings. The van der Waals surface area contributed by atoms with E-state index in [0.717, 1.165) is 11.1 Å². The van der Waals surface area contributed by atoms with Crippen LogP contribution in [-0.2, 0) is 4.79 Å². The highest BCUT2D eigenvalue weighted by Crippen LogP contribution is 2.26. The van der Waals surface area contributed by atoms with Gasteiger partial charge in [-0.3, -0.25) is 10.1 Å². The zero-order valence-corrected chi connectivity index (χ0v) is 11.3. The Bertz CT molecular complexity index is 486. The second-order valence-corrected chi connectivity index (χ2v) is 4.44. The third kappa shape index (κ3) is 4.26. The Morgan fingerprint density at radius 2 is 1.95 bits per heavy atom. The van der Waals surface area contributed by atoms with E-state index in [1.165, 1.54) is 6.92 Å². The van der Waals surface area contributed by atoms with Gasteiger partial charge in [0, 0.05) is 11.6 Å². The number of imide groups is 1. The molecular formula is C13H19N3O3. The Balaban J connectivity index is 2.89. The maximum absolute atomic E-state index is 11.6. The normalized spacial score (nSPS) is 13.5. The summed E-state index contributed by atoms with van der Waals surface area (Å²) in [6.07, 6.45) is -0.841. The van der Waals surface area contributed by atoms with Crippen LogP contribution in [0.2, 0.25) is 0 Å². The molecule has 6 heteroatoms. The van der Waals surface area contributed by atoms with Gasteiger partial charge in [-0.15, -0.1) is 0 Å². The zero-order chi connectivity index (χ0) is 14.6. The highest BCUT2D eigenvalue weighted by atomic mass is 16.5. The molecule has 0 spiro atoms. The van der Waals surface area contributed by atoms with E-state index < -0.39 is 18.0 Å². The number of aryl methyl sites for hydroxylation is 1. The fourth-order valence-corrected chi connectivity index (χ4v) is 1.59. The van der Waals surface area contributed by atoms with Crippen LogP contribution in [0.4, 0.5) is 4.79 Å². The van der Waals surface area contributed by atoms with Crippen LogP contribution in [0.1, 0.15) is 31.0 Å². The number of nitrogens with two attached hydrogens (primary N) is 2. The lowest BCUT2D eigenvalue weighted by molar-refractivity contribution is -0.126. The van der Waals surface area contributed by atoms with E-state index in [2.05, 4.69) is 0 Å². The average Bonchev–Trinajstić information content (AvgIpc) is 2.27. The van der Waals surface area contributed by atoms with E-state index in [1.807, 2.05) is 31.3 Å². The second kappa shape index (κ2) is 6.19. The number of rotatable bonds is 4. The molecule has 1 aromatic carbocycles. The molecule has 0 saturated carbocycles. The summed E-state index contributed by atoms with van der Waals surface area (Å²) in [7, 11) is 0. The molecule has 3 amide bonds. The molecule has 0 aliphatic heterocycles. The van der Waals surface area contributed by atoms with Gasteiger partial charge < -0.3 is 16.2 Å². The van der Waals surface area contributed by atoms with Crippen molar-refractivity contribution in [2.45, 2.75) is 32.9 Å². The highest BCUT2D eigenvalue weighted by Gasteiger charge is 2.18. The number of hydrogen-bond donors (Lipinski definition) is 3. The molecule has 0 heterocycles. The van der Waals surface area contributed by atoms with Crippen molar-refractivity contribution in [3.8, 4) is 5.75 Å². The summed E-state index contributed by atoms with van der Waals surface area (Å²) in [5.74, 6) is -0.0632. The summed E-state index contributed by atoms with van der Waals surface area (Å²) in [5, 5.41) is 1.97. The molecule has 0 aliphatic carbocycles. The lowest BCUT2D eigenvalue weighted by atomic mass is 10.1. The van der Waals surface area contributed by atoms with Crippen LogP contribution >= 0.6 is 0 Å². The minimum Gasteiger partial charge on any atom is -0.481 e. The Hall–Kier alpha value is -2.08. The van der Waals surface area contributed by atoms with Gasteiger partial charge in [-0.2, -0.15) is 0 Å². The Labute approximate surface area is 112 Å². The molecule has 2 atom stereocenters. The van der Waals surface area contributed by atoms with Crippen molar-refractivity contribution < 1.29 is 14.3 Å². The summed E-state index contributed by atoms with van der Waals surface area (Å²) in [5.41, 5.74) is 12.5. The Morgan fingerprint density at radius 1 is 1.32 bits per heavy atom. The number of ether oxygens (including phenoxy) is 1. The average molecular weight is 265 g/mol. The predicted octanol–water partition coefficient (Wildman–Crippen LogP) is 0.977. The summed E-state index contributed by atoms with van der Waals surface area (Å²) in [6.45, 7) is 5.27. The van der Waals surface area contributed by atoms with Gasteiger partial charge in [0.05, 0.1) is 0 Å². The van der Waals surface area contributed by atoms with E-state index in [4.69, 9.17) is 16.2 Å². The minimum atomic E-state index is -0.905. The van der Waals surface area contributed by atoms with E-state index in [1.54, 1.807) is 6.07 Å². The maximum atomic E-state index is 11.6. The van der Waals surface area contributed by atoms with E-state index in [9.17, 15) is 9.59 Å². The third-order valence-corrected chi connectivity index (χ3v) is 2.58. The quantitative estimate of drug-likeness (QED) is 0.754. The van der Waals surface area contributed by atoms with Crippen LogP contribution in [0, 0.1) is 6.92 Å². The maximum Gasteiger partial charge on any atom is 0.318 e. The van der Waals surface area contributed by atoms with Crippen LogP contribution in [0.5, 0.6) is 5.75 Å². The molecule has 1 rings (SSSR count). The molecule has 19 heavy (non-hydrogen) atoms. The molecule has 0 aliphatic rings. The standard InChI is InChI=1S/C13H19N3O3/c1-7-4-5-10(8(2)14)11(6-7)19-9(3)12(17)16-13(15)18/h4-6,8-9H,14H2,1-3H3,(H3,15,16,17,18)/t8-,9?/m1/s1. The Morgan fingerprint density at radius 3 is 2.47 bits per heavy atom. The van der Waals surface area contributed by atoms with Crippen molar-refractivity contribution in [3.05, 3.63) is 29.3 Å². The van der Waals surface area contributed by atoms with Gasteiger partial charge >= 0.3 is 6.03 Å². The zero-order valence-electron chi connectivity index (χ0n) is 11.3. The van der Waals surface area contributed by atoms with E-state index in [0.29, 0.717) is 5.75 Å². The van der Waals surface area contributed by atoms with Crippen molar-refractivity contribution >= 4 is 11.9 Å². The number of amides is 3. The number of nitrogens with one attached hydrogen (secondary N) is 1. The van der Waals surface area contributed by atoms with Crippen LogP contribution < -0.4 is 21.5 Å². The smallest absolute Gasteiger partial charge is 0.318 e. The first-order valence-electron chi connectivity index (χ1n) is 5.94. The summed E-state index contributed by atoms with van der Waals surface area (Å²) >= 11 is 0. The van der Waals surface area contributed by atoms with Crippen molar-refractivity contribution in [1.82, 2.24) is 5.32 Å². The molecule has 0 fully saturated rings. The number of hydrogen-bond acceptors (Lipinski definition) is 4. The first-order valence-corrected chi connectivity index (χ1v) is 5.94. The number of urea groups is 1. The summed E-state index contributed by atoms with van der Waals surface area (Å²) in [6, 6.07) is 4.44. The van der Waals surface area contributed by atoms with Gasteiger partial charge in [0.15, 0.2) is 6.10 Å². The molecule has 0 bridgehead atoms. The first kappa shape index (κ1) is 15.0. The third-order valence-electron chi connectivity index (χ3n) is 2.58. The molecule has 1 unspecified atom stereocenters. The molecular weight excluding hydrogens is 246 g/mol. The van der Waals surface area contributed by atoms with Crippen LogP contribution in [0.3, 0.4) is 0 Å². The van der Waals surface area contributed by atoms with Gasteiger partial charge in [0.1, 0.15) is 5.75 Å². The molecule has 5 N–H and O–H groups in total. The van der Waals surface area contributed by atoms with Crippen molar-refractivity contribution in [2.24, 2.45) is 11.5 Å². The van der Waals surface area contributed by atoms with Gasteiger partial charge in [0.2, 0.25) is 0 Å². The largest absolute Gasteiger partial charge is 0.481 e. The van der Waals surface area contributed by atoms with E-state index >= 15 is 0 Å². The molecule has 0 aromatic heterocycles. The summed E-state index contributed by atoms with van der Waals surface area (Å²) in [4.78, 5) is 22.2. The molecule has 0 radical (unpaired) electrons. The van der Waals surface area contributed by atoms with Gasteiger partial charge in [-0.25, -0.2) is 4.79 Å². The van der Waals surface area contributed by atoms with E-state index in [-0.39, 0.29) is 6.04 Å². The Kier molecular flexibility index (Phi) is 4.88. The molecule has 0 saturated heterocycles. The lowest BCUT2D eigenvalue weighted by Crippen LogP contribution is -2.42. The monoisotopic (exact) mass is 265 g/mol. The fourth-order valence-electron chi connectivity index (χ4n) is 1.59. The number of primary amides is 1. The van der Waals surface area contributed by atoms with Gasteiger partial charge in [-0.05, 0) is 32.4 Å². The van der Waals surface area contributed by atoms with Crippen molar-refractivity contribution in [1.29, 1.82) is 0 Å². The number of carbonyl (C=O) groups is 2. The number of benzene rings is 1. The SMILES string of the molecule is Cc1ccc([C@@H](C)N)c(OC(C)C(=O)NC(N)=O)c1. The number of carbonyl (C=O) groups excluding carboxylic acids is 2. The van der Waals surface area contributed by atoms with Crippen LogP contribution in [0.15, 0.2) is 18.2 Å². The second-order valence-electron chi connectivity index (χ2n) is 4.44. The van der Waals surface area contributed by atoms with Crippen molar-refractivity contribution in [2.75, 3.05) is 0 Å². The highest BCUT2D eigenvalue weighted by molar-refractivity contribution is 5.95. The first-order chi connectivity index (χ1) is 8.81. The van der Waals surface area contributed by atoms with Gasteiger partial charge in [0.25, 0.3) is 5.91 Å². The topological polar surface area (TPSA) is 107 Å². The lowest BCUT2D eigenvalue weighted by Gasteiger charge is -2.18. The van der Waals surface area contributed by atoms with Crippen LogP contribution in [-0.4, -0.2) is 18.0 Å².